The lowest BCUT2D eigenvalue weighted by molar-refractivity contribution is 0.00357. The molecule has 2 saturated heterocycles. The Kier molecular flexibility index (Phi) is 4.44. The van der Waals surface area contributed by atoms with Crippen LogP contribution in [0.3, 0.4) is 0 Å². The molecule has 3 rings (SSSR count). The molecule has 0 amide bonds. The Morgan fingerprint density at radius 2 is 1.74 bits per heavy atom. The zero-order valence-electron chi connectivity index (χ0n) is 14.4. The van der Waals surface area contributed by atoms with Crippen LogP contribution in [0, 0.1) is 0 Å². The molecule has 2 heterocycles. The highest BCUT2D eigenvalue weighted by Crippen LogP contribution is 2.36. The van der Waals surface area contributed by atoms with Gasteiger partial charge in [0, 0.05) is 18.8 Å². The lowest BCUT2D eigenvalue weighted by atomic mass is 9.79. The molecular weight excluding hydrogens is 293 g/mol. The van der Waals surface area contributed by atoms with Gasteiger partial charge in [-0.05, 0) is 45.3 Å². The van der Waals surface area contributed by atoms with Gasteiger partial charge in [0.05, 0.1) is 30.5 Å². The van der Waals surface area contributed by atoms with E-state index in [4.69, 9.17) is 14.0 Å². The molecule has 5 nitrogen and oxygen atoms in total. The fraction of sp³-hybridized carbons (Fsp3) is 0.647. The molecule has 23 heavy (non-hydrogen) atoms. The fourth-order valence-electron chi connectivity index (χ4n) is 2.89. The van der Waals surface area contributed by atoms with Crippen LogP contribution in [-0.2, 0) is 14.0 Å². The van der Waals surface area contributed by atoms with Crippen molar-refractivity contribution in [3.63, 3.8) is 0 Å². The van der Waals surface area contributed by atoms with Crippen LogP contribution in [0.15, 0.2) is 24.3 Å². The van der Waals surface area contributed by atoms with Crippen molar-refractivity contribution in [3.8, 4) is 0 Å². The highest BCUT2D eigenvalue weighted by atomic mass is 16.7. The van der Waals surface area contributed by atoms with Gasteiger partial charge in [0.1, 0.15) is 0 Å². The molecule has 1 aromatic carbocycles. The van der Waals surface area contributed by atoms with Crippen LogP contribution in [-0.4, -0.2) is 55.8 Å². The molecule has 0 saturated carbocycles. The molecule has 0 radical (unpaired) electrons. The fourth-order valence-corrected chi connectivity index (χ4v) is 2.89. The number of hydrogen-bond donors (Lipinski definition) is 1. The van der Waals surface area contributed by atoms with E-state index in [1.165, 1.54) is 0 Å². The number of anilines is 1. The lowest BCUT2D eigenvalue weighted by Crippen LogP contribution is -2.44. The zero-order chi connectivity index (χ0) is 16.7. The van der Waals surface area contributed by atoms with E-state index in [1.54, 1.807) is 0 Å². The van der Waals surface area contributed by atoms with Crippen molar-refractivity contribution in [2.45, 2.75) is 45.0 Å². The second-order valence-electron chi connectivity index (χ2n) is 7.30. The summed E-state index contributed by atoms with van der Waals surface area (Å²) < 4.78 is 17.7. The Labute approximate surface area is 138 Å². The molecule has 126 valence electrons. The molecule has 2 aliphatic heterocycles. The number of aliphatic hydroxyl groups is 1. The Bertz CT molecular complexity index is 530. The highest BCUT2D eigenvalue weighted by Gasteiger charge is 2.51. The van der Waals surface area contributed by atoms with E-state index in [0.717, 1.165) is 17.7 Å². The number of nitrogens with zero attached hydrogens (tertiary/aromatic N) is 1. The van der Waals surface area contributed by atoms with Crippen LogP contribution in [0.25, 0.3) is 0 Å². The number of morpholine rings is 1. The molecule has 0 unspecified atom stereocenters. The summed E-state index contributed by atoms with van der Waals surface area (Å²) in [5.74, 6) is 0. The van der Waals surface area contributed by atoms with Crippen molar-refractivity contribution < 1.29 is 19.2 Å². The van der Waals surface area contributed by atoms with E-state index in [1.807, 2.05) is 0 Å². The molecule has 0 bridgehead atoms. The quantitative estimate of drug-likeness (QED) is 0.848. The van der Waals surface area contributed by atoms with E-state index in [2.05, 4.69) is 56.9 Å². The number of benzene rings is 1. The predicted octanol–water partition coefficient (Wildman–Crippen LogP) is 1.18. The monoisotopic (exact) mass is 319 g/mol. The van der Waals surface area contributed by atoms with E-state index in [-0.39, 0.29) is 31.0 Å². The number of rotatable bonds is 3. The Hall–Kier alpha value is -1.08. The third kappa shape index (κ3) is 3.26. The first-order chi connectivity index (χ1) is 10.8. The van der Waals surface area contributed by atoms with Crippen LogP contribution in [0.2, 0.25) is 0 Å². The van der Waals surface area contributed by atoms with Crippen LogP contribution in [0.4, 0.5) is 5.69 Å². The molecule has 2 aliphatic rings. The Balaban J connectivity index is 1.71. The van der Waals surface area contributed by atoms with E-state index in [0.29, 0.717) is 13.2 Å². The third-order valence-electron chi connectivity index (χ3n) is 5.13. The molecule has 0 aromatic heterocycles. The van der Waals surface area contributed by atoms with Gasteiger partial charge in [-0.2, -0.15) is 0 Å². The van der Waals surface area contributed by atoms with Crippen molar-refractivity contribution >= 4 is 18.3 Å². The zero-order valence-corrected chi connectivity index (χ0v) is 14.4. The Morgan fingerprint density at radius 1 is 1.13 bits per heavy atom. The van der Waals surface area contributed by atoms with Gasteiger partial charge in [0.25, 0.3) is 0 Å². The largest absolute Gasteiger partial charge is 0.494 e. The second kappa shape index (κ2) is 6.09. The highest BCUT2D eigenvalue weighted by molar-refractivity contribution is 6.62. The second-order valence-corrected chi connectivity index (χ2v) is 7.30. The standard InChI is InChI=1S/C17H26BNO4/c1-16(2)17(3,4)23-18(22-16)13-5-7-14(8-6-13)19-9-10-21-15(11-19)12-20/h5-8,15,20H,9-12H2,1-4H3/t15-/m1/s1. The van der Waals surface area contributed by atoms with Crippen molar-refractivity contribution in [1.82, 2.24) is 0 Å². The maximum atomic E-state index is 9.26. The maximum Gasteiger partial charge on any atom is 0.494 e. The summed E-state index contributed by atoms with van der Waals surface area (Å²) in [7, 11) is -0.330. The summed E-state index contributed by atoms with van der Waals surface area (Å²) in [6.07, 6.45) is -0.105. The minimum atomic E-state index is -0.330. The Morgan fingerprint density at radius 3 is 2.30 bits per heavy atom. The van der Waals surface area contributed by atoms with Gasteiger partial charge in [-0.3, -0.25) is 0 Å². The van der Waals surface area contributed by atoms with Crippen molar-refractivity contribution in [1.29, 1.82) is 0 Å². The molecule has 2 fully saturated rings. The average molecular weight is 319 g/mol. The number of ether oxygens (including phenoxy) is 1. The van der Waals surface area contributed by atoms with Gasteiger partial charge in [-0.25, -0.2) is 0 Å². The first-order valence-electron chi connectivity index (χ1n) is 8.25. The minimum absolute atomic E-state index is 0.0580. The van der Waals surface area contributed by atoms with Gasteiger partial charge in [0.15, 0.2) is 0 Å². The van der Waals surface area contributed by atoms with Crippen LogP contribution in [0.5, 0.6) is 0 Å². The van der Waals surface area contributed by atoms with Gasteiger partial charge in [-0.1, -0.05) is 12.1 Å². The van der Waals surface area contributed by atoms with E-state index < -0.39 is 0 Å². The van der Waals surface area contributed by atoms with Gasteiger partial charge < -0.3 is 24.1 Å². The summed E-state index contributed by atoms with van der Waals surface area (Å²) in [5, 5.41) is 9.26. The molecular formula is C17H26BNO4. The molecule has 0 aliphatic carbocycles. The smallest absolute Gasteiger partial charge is 0.399 e. The SMILES string of the molecule is CC1(C)OB(c2ccc(N3CCO[C@@H](CO)C3)cc2)OC1(C)C. The molecule has 1 atom stereocenters. The van der Waals surface area contributed by atoms with E-state index >= 15 is 0 Å². The van der Waals surface area contributed by atoms with Crippen molar-refractivity contribution in [2.75, 3.05) is 31.2 Å². The normalized spacial score (nSPS) is 26.6. The van der Waals surface area contributed by atoms with Crippen LogP contribution >= 0.6 is 0 Å². The molecule has 1 aromatic rings. The average Bonchev–Trinajstić information content (AvgIpc) is 2.76. The first kappa shape index (κ1) is 16.8. The third-order valence-corrected chi connectivity index (χ3v) is 5.13. The maximum absolute atomic E-state index is 9.26. The molecule has 1 N–H and O–H groups in total. The van der Waals surface area contributed by atoms with Crippen LogP contribution < -0.4 is 10.4 Å². The van der Waals surface area contributed by atoms with Crippen LogP contribution in [0.1, 0.15) is 27.7 Å². The van der Waals surface area contributed by atoms with Gasteiger partial charge in [-0.15, -0.1) is 0 Å². The first-order valence-corrected chi connectivity index (χ1v) is 8.25. The number of hydrogen-bond acceptors (Lipinski definition) is 5. The lowest BCUT2D eigenvalue weighted by Gasteiger charge is -2.33. The van der Waals surface area contributed by atoms with E-state index in [9.17, 15) is 5.11 Å². The van der Waals surface area contributed by atoms with Crippen molar-refractivity contribution in [2.24, 2.45) is 0 Å². The summed E-state index contributed by atoms with van der Waals surface area (Å²) in [6.45, 7) is 10.5. The topological polar surface area (TPSA) is 51.2 Å². The summed E-state index contributed by atoms with van der Waals surface area (Å²) >= 11 is 0. The summed E-state index contributed by atoms with van der Waals surface area (Å²) in [6, 6.07) is 8.28. The summed E-state index contributed by atoms with van der Waals surface area (Å²) in [4.78, 5) is 2.23. The van der Waals surface area contributed by atoms with Gasteiger partial charge in [0.2, 0.25) is 0 Å². The molecule has 0 spiro atoms. The summed E-state index contributed by atoms with van der Waals surface area (Å²) in [5.41, 5.74) is 1.51. The van der Waals surface area contributed by atoms with Crippen molar-refractivity contribution in [3.05, 3.63) is 24.3 Å². The minimum Gasteiger partial charge on any atom is -0.399 e. The molecule has 6 heteroatoms. The predicted molar refractivity (Wildman–Crippen MR) is 91.2 cm³/mol. The number of aliphatic hydroxyl groups excluding tert-OH is 1. The van der Waals surface area contributed by atoms with Gasteiger partial charge >= 0.3 is 7.12 Å².